The van der Waals surface area contributed by atoms with E-state index in [1.54, 1.807) is 27.2 Å². The molecule has 1 N–H and O–H groups in total. The van der Waals surface area contributed by atoms with Crippen LogP contribution in [0.3, 0.4) is 0 Å². The van der Waals surface area contributed by atoms with Gasteiger partial charge in [-0.1, -0.05) is 24.3 Å². The Hall–Kier alpha value is -2.85. The molecule has 0 unspecified atom stereocenters. The van der Waals surface area contributed by atoms with Crippen molar-refractivity contribution >= 4 is 21.8 Å². The first-order valence-electron chi connectivity index (χ1n) is 8.26. The number of rotatable bonds is 3. The molecule has 0 bridgehead atoms. The number of pyridine rings is 1. The molecule has 2 heterocycles. The minimum atomic E-state index is -1.000. The van der Waals surface area contributed by atoms with Gasteiger partial charge in [0.2, 0.25) is 0 Å². The van der Waals surface area contributed by atoms with Gasteiger partial charge in [0, 0.05) is 28.6 Å². The Morgan fingerprint density at radius 1 is 0.960 bits per heavy atom. The summed E-state index contributed by atoms with van der Waals surface area (Å²) < 4.78 is 7.52. The van der Waals surface area contributed by atoms with Gasteiger partial charge in [-0.2, -0.15) is 0 Å². The molecule has 4 rings (SSSR count). The summed E-state index contributed by atoms with van der Waals surface area (Å²) in [4.78, 5) is 4.61. The summed E-state index contributed by atoms with van der Waals surface area (Å²) in [6.45, 7) is 3.56. The van der Waals surface area contributed by atoms with Crippen molar-refractivity contribution in [2.45, 2.75) is 19.4 Å². The molecule has 2 aromatic heterocycles. The van der Waals surface area contributed by atoms with Gasteiger partial charge in [0.1, 0.15) is 11.6 Å². The molecular formula is C21H20N2O2. The molecule has 0 saturated carbocycles. The molecule has 4 nitrogen and oxygen atoms in total. The molecule has 0 amide bonds. The van der Waals surface area contributed by atoms with Crippen LogP contribution in [0.1, 0.15) is 19.4 Å². The molecule has 4 heteroatoms. The number of fused-ring (bicyclic) bond motifs is 3. The highest BCUT2D eigenvalue weighted by atomic mass is 16.5. The topological polar surface area (TPSA) is 47.3 Å². The molecule has 0 fully saturated rings. The molecule has 4 aromatic rings. The van der Waals surface area contributed by atoms with E-state index in [4.69, 9.17) is 4.74 Å². The molecule has 0 radical (unpaired) electrons. The lowest BCUT2D eigenvalue weighted by molar-refractivity contribution is 0.0782. The molecule has 25 heavy (non-hydrogen) atoms. The highest BCUT2D eigenvalue weighted by Crippen LogP contribution is 2.36. The predicted molar refractivity (Wildman–Crippen MR) is 100 cm³/mol. The van der Waals surface area contributed by atoms with E-state index in [0.29, 0.717) is 0 Å². The summed E-state index contributed by atoms with van der Waals surface area (Å²) in [5.41, 5.74) is 1.83. The number of nitrogens with zero attached hydrogens (tertiary/aromatic N) is 2. The van der Waals surface area contributed by atoms with E-state index in [1.807, 2.05) is 36.4 Å². The second-order valence-corrected chi connectivity index (χ2v) is 6.67. The minimum Gasteiger partial charge on any atom is -0.497 e. The number of aliphatic hydroxyl groups is 1. The second kappa shape index (κ2) is 5.60. The minimum absolute atomic E-state index is 0.731. The standard InChI is InChI=1S/C21H20N2O2/c1-21(2,24)17-8-6-12-22-20(17)23-18-9-5-4-7-15(18)16-11-10-14(25-3)13-19(16)23/h4-13,24H,1-3H3. The van der Waals surface area contributed by atoms with Gasteiger partial charge in [0.05, 0.1) is 23.7 Å². The Morgan fingerprint density at radius 3 is 2.48 bits per heavy atom. The molecule has 126 valence electrons. The Balaban J connectivity index is 2.17. The van der Waals surface area contributed by atoms with Crippen LogP contribution in [0.5, 0.6) is 5.75 Å². The fourth-order valence-corrected chi connectivity index (χ4v) is 3.36. The van der Waals surface area contributed by atoms with Gasteiger partial charge in [0.15, 0.2) is 0 Å². The van der Waals surface area contributed by atoms with Gasteiger partial charge in [-0.05, 0) is 38.1 Å². The zero-order chi connectivity index (χ0) is 17.6. The number of aromatic nitrogens is 2. The van der Waals surface area contributed by atoms with Crippen LogP contribution in [0.4, 0.5) is 0 Å². The van der Waals surface area contributed by atoms with Gasteiger partial charge in [-0.25, -0.2) is 4.98 Å². The van der Waals surface area contributed by atoms with E-state index >= 15 is 0 Å². The summed E-state index contributed by atoms with van der Waals surface area (Å²) in [5.74, 6) is 1.52. The second-order valence-electron chi connectivity index (χ2n) is 6.67. The monoisotopic (exact) mass is 332 g/mol. The van der Waals surface area contributed by atoms with E-state index in [2.05, 4.69) is 27.8 Å². The summed E-state index contributed by atoms with van der Waals surface area (Å²) in [5, 5.41) is 12.9. The van der Waals surface area contributed by atoms with Crippen LogP contribution < -0.4 is 4.74 Å². The van der Waals surface area contributed by atoms with Gasteiger partial charge in [-0.15, -0.1) is 0 Å². The maximum absolute atomic E-state index is 10.6. The van der Waals surface area contributed by atoms with E-state index in [0.717, 1.165) is 38.9 Å². The van der Waals surface area contributed by atoms with Crippen LogP contribution in [-0.2, 0) is 5.60 Å². The van der Waals surface area contributed by atoms with Crippen molar-refractivity contribution in [3.63, 3.8) is 0 Å². The van der Waals surface area contributed by atoms with Crippen LogP contribution in [0, 0.1) is 0 Å². The number of hydrogen-bond acceptors (Lipinski definition) is 3. The number of benzene rings is 2. The Morgan fingerprint density at radius 2 is 1.72 bits per heavy atom. The Bertz CT molecular complexity index is 1070. The molecule has 2 aromatic carbocycles. The summed E-state index contributed by atoms with van der Waals surface area (Å²) >= 11 is 0. The Kier molecular flexibility index (Phi) is 3.51. The lowest BCUT2D eigenvalue weighted by Gasteiger charge is -2.22. The lowest BCUT2D eigenvalue weighted by atomic mass is 9.99. The van der Waals surface area contributed by atoms with Crippen LogP contribution in [0.2, 0.25) is 0 Å². The number of methoxy groups -OCH3 is 1. The summed E-state index contributed by atoms with van der Waals surface area (Å²) in [6, 6.07) is 18.0. The van der Waals surface area contributed by atoms with Crippen LogP contribution in [0.25, 0.3) is 27.6 Å². The third kappa shape index (κ3) is 2.46. The smallest absolute Gasteiger partial charge is 0.143 e. The first-order valence-corrected chi connectivity index (χ1v) is 8.26. The molecule has 0 spiro atoms. The normalized spacial score (nSPS) is 12.0. The zero-order valence-corrected chi connectivity index (χ0v) is 14.5. The average Bonchev–Trinajstić information content (AvgIpc) is 2.94. The fourth-order valence-electron chi connectivity index (χ4n) is 3.36. The first-order chi connectivity index (χ1) is 12.0. The molecule has 0 aliphatic rings. The van der Waals surface area contributed by atoms with E-state index in [1.165, 1.54) is 0 Å². The van der Waals surface area contributed by atoms with Gasteiger partial charge >= 0.3 is 0 Å². The van der Waals surface area contributed by atoms with Crippen LogP contribution in [0.15, 0.2) is 60.8 Å². The van der Waals surface area contributed by atoms with Gasteiger partial charge in [0.25, 0.3) is 0 Å². The third-order valence-electron chi connectivity index (χ3n) is 4.54. The molecule has 0 aliphatic heterocycles. The van der Waals surface area contributed by atoms with E-state index in [-0.39, 0.29) is 0 Å². The first kappa shape index (κ1) is 15.7. The highest BCUT2D eigenvalue weighted by molar-refractivity contribution is 6.09. The van der Waals surface area contributed by atoms with Crippen molar-refractivity contribution in [2.75, 3.05) is 7.11 Å². The summed E-state index contributed by atoms with van der Waals surface area (Å²) in [7, 11) is 1.66. The van der Waals surface area contributed by atoms with Crippen molar-refractivity contribution in [3.05, 3.63) is 66.4 Å². The molecule has 0 atom stereocenters. The fraction of sp³-hybridized carbons (Fsp3) is 0.190. The highest BCUT2D eigenvalue weighted by Gasteiger charge is 2.24. The van der Waals surface area contributed by atoms with Gasteiger partial charge in [-0.3, -0.25) is 4.57 Å². The van der Waals surface area contributed by atoms with Crippen molar-refractivity contribution in [1.82, 2.24) is 9.55 Å². The maximum Gasteiger partial charge on any atom is 0.143 e. The van der Waals surface area contributed by atoms with Crippen LogP contribution >= 0.6 is 0 Å². The third-order valence-corrected chi connectivity index (χ3v) is 4.54. The maximum atomic E-state index is 10.6. The zero-order valence-electron chi connectivity index (χ0n) is 14.5. The Labute approximate surface area is 146 Å². The number of hydrogen-bond donors (Lipinski definition) is 1. The van der Waals surface area contributed by atoms with Crippen molar-refractivity contribution in [3.8, 4) is 11.6 Å². The van der Waals surface area contributed by atoms with Crippen LogP contribution in [-0.4, -0.2) is 21.8 Å². The number of ether oxygens (including phenoxy) is 1. The lowest BCUT2D eigenvalue weighted by Crippen LogP contribution is -2.19. The van der Waals surface area contributed by atoms with Gasteiger partial charge < -0.3 is 9.84 Å². The van der Waals surface area contributed by atoms with E-state index < -0.39 is 5.60 Å². The quantitative estimate of drug-likeness (QED) is 0.604. The van der Waals surface area contributed by atoms with E-state index in [9.17, 15) is 5.11 Å². The predicted octanol–water partition coefficient (Wildman–Crippen LogP) is 4.41. The molecule has 0 aliphatic carbocycles. The molecule has 0 saturated heterocycles. The summed E-state index contributed by atoms with van der Waals surface area (Å²) in [6.07, 6.45) is 1.76. The SMILES string of the molecule is COc1ccc2c3ccccc3n(-c3ncccc3C(C)(C)O)c2c1. The van der Waals surface area contributed by atoms with Crippen molar-refractivity contribution < 1.29 is 9.84 Å². The average molecular weight is 332 g/mol. The largest absolute Gasteiger partial charge is 0.497 e. The molecular weight excluding hydrogens is 312 g/mol. The number of para-hydroxylation sites is 1. The van der Waals surface area contributed by atoms with Crippen molar-refractivity contribution in [1.29, 1.82) is 0 Å². The van der Waals surface area contributed by atoms with Crippen molar-refractivity contribution in [2.24, 2.45) is 0 Å².